The molecule has 3 heterocycles. The highest BCUT2D eigenvalue weighted by Gasteiger charge is 2.24. The highest BCUT2D eigenvalue weighted by molar-refractivity contribution is 9.10. The maximum absolute atomic E-state index is 12.4. The standard InChI is InChI=1S/C16H21BrN4O2S2/c1-13(19-25(22,23)16-14(17)5-11-24-16)12-20-7-9-21(10-8-20)15-4-2-3-6-18-15/h2-6,11,13,19H,7-10,12H2,1H3. The van der Waals surface area contributed by atoms with Gasteiger partial charge in [-0.2, -0.15) is 0 Å². The first-order valence-electron chi connectivity index (χ1n) is 8.09. The van der Waals surface area contributed by atoms with Gasteiger partial charge in [0, 0.05) is 49.4 Å². The minimum atomic E-state index is -3.48. The second-order valence-electron chi connectivity index (χ2n) is 6.05. The van der Waals surface area contributed by atoms with E-state index in [-0.39, 0.29) is 6.04 Å². The number of nitrogens with zero attached hydrogens (tertiary/aromatic N) is 3. The van der Waals surface area contributed by atoms with Gasteiger partial charge in [0.1, 0.15) is 10.0 Å². The SMILES string of the molecule is CC(CN1CCN(c2ccccn2)CC1)NS(=O)(=O)c1sccc1Br. The number of thiophene rings is 1. The zero-order valence-electron chi connectivity index (χ0n) is 13.9. The van der Waals surface area contributed by atoms with Gasteiger partial charge in [0.15, 0.2) is 0 Å². The van der Waals surface area contributed by atoms with E-state index in [2.05, 4.69) is 35.4 Å². The Bertz CT molecular complexity index is 789. The summed E-state index contributed by atoms with van der Waals surface area (Å²) in [4.78, 5) is 8.93. The lowest BCUT2D eigenvalue weighted by Gasteiger charge is -2.36. The zero-order valence-corrected chi connectivity index (χ0v) is 17.1. The maximum atomic E-state index is 12.4. The molecule has 1 N–H and O–H groups in total. The van der Waals surface area contributed by atoms with Crippen molar-refractivity contribution in [1.82, 2.24) is 14.6 Å². The van der Waals surface area contributed by atoms with Crippen LogP contribution in [-0.4, -0.2) is 57.1 Å². The van der Waals surface area contributed by atoms with E-state index >= 15 is 0 Å². The van der Waals surface area contributed by atoms with Crippen LogP contribution in [0.25, 0.3) is 0 Å². The van der Waals surface area contributed by atoms with E-state index in [0.29, 0.717) is 15.2 Å². The van der Waals surface area contributed by atoms with Crippen LogP contribution in [0.15, 0.2) is 44.5 Å². The van der Waals surface area contributed by atoms with Gasteiger partial charge in [-0.25, -0.2) is 18.1 Å². The number of nitrogens with one attached hydrogen (secondary N) is 1. The lowest BCUT2D eigenvalue weighted by molar-refractivity contribution is 0.241. The Morgan fingerprint density at radius 3 is 2.64 bits per heavy atom. The zero-order chi connectivity index (χ0) is 17.9. The van der Waals surface area contributed by atoms with Crippen molar-refractivity contribution < 1.29 is 8.42 Å². The first-order chi connectivity index (χ1) is 12.0. The van der Waals surface area contributed by atoms with Crippen LogP contribution in [-0.2, 0) is 10.0 Å². The normalized spacial score (nSPS) is 17.6. The number of hydrogen-bond donors (Lipinski definition) is 1. The van der Waals surface area contributed by atoms with Crippen molar-refractivity contribution in [3.8, 4) is 0 Å². The quantitative estimate of drug-likeness (QED) is 0.740. The van der Waals surface area contributed by atoms with Gasteiger partial charge in [-0.15, -0.1) is 11.3 Å². The molecule has 1 atom stereocenters. The molecule has 9 heteroatoms. The molecule has 25 heavy (non-hydrogen) atoms. The number of rotatable bonds is 6. The summed E-state index contributed by atoms with van der Waals surface area (Å²) in [7, 11) is -3.48. The molecule has 0 amide bonds. The fourth-order valence-corrected chi connectivity index (χ4v) is 6.50. The lowest BCUT2D eigenvalue weighted by atomic mass is 10.2. The molecule has 0 bridgehead atoms. The summed E-state index contributed by atoms with van der Waals surface area (Å²) in [6, 6.07) is 7.53. The van der Waals surface area contributed by atoms with Crippen LogP contribution in [0.5, 0.6) is 0 Å². The molecule has 1 aliphatic rings. The molecule has 0 saturated carbocycles. The van der Waals surface area contributed by atoms with E-state index in [0.717, 1.165) is 32.0 Å². The number of anilines is 1. The van der Waals surface area contributed by atoms with Crippen LogP contribution in [0.1, 0.15) is 6.92 Å². The molecule has 6 nitrogen and oxygen atoms in total. The minimum Gasteiger partial charge on any atom is -0.354 e. The van der Waals surface area contributed by atoms with Gasteiger partial charge < -0.3 is 4.90 Å². The molecule has 136 valence electrons. The first-order valence-corrected chi connectivity index (χ1v) is 11.2. The summed E-state index contributed by atoms with van der Waals surface area (Å²) >= 11 is 4.51. The highest BCUT2D eigenvalue weighted by Crippen LogP contribution is 2.27. The maximum Gasteiger partial charge on any atom is 0.251 e. The average Bonchev–Trinajstić information content (AvgIpc) is 3.03. The van der Waals surface area contributed by atoms with Crippen molar-refractivity contribution in [3.05, 3.63) is 40.3 Å². The Kier molecular flexibility index (Phi) is 6.11. The number of aromatic nitrogens is 1. The Hall–Kier alpha value is -1.00. The smallest absolute Gasteiger partial charge is 0.251 e. The van der Waals surface area contributed by atoms with E-state index in [1.807, 2.05) is 25.1 Å². The number of piperazine rings is 1. The third-order valence-corrected chi connectivity index (χ3v) is 8.32. The Morgan fingerprint density at radius 2 is 2.04 bits per heavy atom. The lowest BCUT2D eigenvalue weighted by Crippen LogP contribution is -2.51. The molecule has 3 rings (SSSR count). The van der Waals surface area contributed by atoms with Gasteiger partial charge in [0.05, 0.1) is 0 Å². The highest BCUT2D eigenvalue weighted by atomic mass is 79.9. The molecule has 1 fully saturated rings. The average molecular weight is 445 g/mol. The number of halogens is 1. The van der Waals surface area contributed by atoms with Gasteiger partial charge in [-0.1, -0.05) is 6.07 Å². The summed E-state index contributed by atoms with van der Waals surface area (Å²) in [6.45, 7) is 6.18. The van der Waals surface area contributed by atoms with Crippen molar-refractivity contribution in [1.29, 1.82) is 0 Å². The number of pyridine rings is 1. The van der Waals surface area contributed by atoms with E-state index in [9.17, 15) is 8.42 Å². The van der Waals surface area contributed by atoms with E-state index < -0.39 is 10.0 Å². The van der Waals surface area contributed by atoms with Gasteiger partial charge in [0.2, 0.25) is 0 Å². The first kappa shape index (κ1) is 18.8. The molecule has 0 aliphatic carbocycles. The number of sulfonamides is 1. The van der Waals surface area contributed by atoms with Gasteiger partial charge in [0.25, 0.3) is 10.0 Å². The summed E-state index contributed by atoms with van der Waals surface area (Å²) in [5.41, 5.74) is 0. The van der Waals surface area contributed by atoms with Crippen molar-refractivity contribution in [2.75, 3.05) is 37.6 Å². The van der Waals surface area contributed by atoms with Crippen LogP contribution in [0.4, 0.5) is 5.82 Å². The molecule has 1 unspecified atom stereocenters. The van der Waals surface area contributed by atoms with Crippen LogP contribution < -0.4 is 9.62 Å². The molecule has 0 radical (unpaired) electrons. The molecular formula is C16H21BrN4O2S2. The predicted molar refractivity (Wildman–Crippen MR) is 105 cm³/mol. The van der Waals surface area contributed by atoms with Crippen molar-refractivity contribution >= 4 is 43.1 Å². The third kappa shape index (κ3) is 4.79. The van der Waals surface area contributed by atoms with Crippen LogP contribution >= 0.6 is 27.3 Å². The van der Waals surface area contributed by atoms with Crippen molar-refractivity contribution in [2.45, 2.75) is 17.2 Å². The summed E-state index contributed by atoms with van der Waals surface area (Å²) in [5.74, 6) is 0.999. The van der Waals surface area contributed by atoms with Crippen LogP contribution in [0.3, 0.4) is 0 Å². The Labute approximate surface area is 161 Å². The van der Waals surface area contributed by atoms with Crippen LogP contribution in [0.2, 0.25) is 0 Å². The van der Waals surface area contributed by atoms with Crippen molar-refractivity contribution in [2.24, 2.45) is 0 Å². The van der Waals surface area contributed by atoms with Crippen LogP contribution in [0, 0.1) is 0 Å². The van der Waals surface area contributed by atoms with Gasteiger partial charge in [-0.05, 0) is 46.4 Å². The monoisotopic (exact) mass is 444 g/mol. The van der Waals surface area contributed by atoms with Gasteiger partial charge >= 0.3 is 0 Å². The second-order valence-corrected chi connectivity index (χ2v) is 9.73. The molecule has 0 spiro atoms. The predicted octanol–water partition coefficient (Wildman–Crippen LogP) is 2.39. The minimum absolute atomic E-state index is 0.152. The molecule has 2 aromatic heterocycles. The molecule has 1 aliphatic heterocycles. The molecule has 1 saturated heterocycles. The largest absolute Gasteiger partial charge is 0.354 e. The van der Waals surface area contributed by atoms with Gasteiger partial charge in [-0.3, -0.25) is 4.90 Å². The summed E-state index contributed by atoms with van der Waals surface area (Å²) < 4.78 is 28.6. The summed E-state index contributed by atoms with van der Waals surface area (Å²) in [5, 5.41) is 1.76. The molecule has 2 aromatic rings. The summed E-state index contributed by atoms with van der Waals surface area (Å²) in [6.07, 6.45) is 1.81. The number of hydrogen-bond acceptors (Lipinski definition) is 6. The fourth-order valence-electron chi connectivity index (χ4n) is 2.91. The third-order valence-electron chi connectivity index (χ3n) is 4.06. The second kappa shape index (κ2) is 8.13. The fraction of sp³-hybridized carbons (Fsp3) is 0.438. The molecule has 0 aromatic carbocycles. The van der Waals surface area contributed by atoms with E-state index in [1.165, 1.54) is 11.3 Å². The van der Waals surface area contributed by atoms with Crippen molar-refractivity contribution in [3.63, 3.8) is 0 Å². The molecular weight excluding hydrogens is 424 g/mol. The topological polar surface area (TPSA) is 65.5 Å². The Morgan fingerprint density at radius 1 is 1.28 bits per heavy atom. The Balaban J connectivity index is 1.51. The van der Waals surface area contributed by atoms with E-state index in [1.54, 1.807) is 17.6 Å². The van der Waals surface area contributed by atoms with E-state index in [4.69, 9.17) is 0 Å².